The van der Waals surface area contributed by atoms with Crippen molar-refractivity contribution in [3.63, 3.8) is 0 Å². The minimum absolute atomic E-state index is 0.0795. The van der Waals surface area contributed by atoms with E-state index in [1.165, 1.54) is 0 Å². The quantitative estimate of drug-likeness (QED) is 0.568. The summed E-state index contributed by atoms with van der Waals surface area (Å²) in [5.41, 5.74) is -0.503. The first-order valence-electron chi connectivity index (χ1n) is 7.87. The molecule has 1 N–H and O–H groups in total. The third kappa shape index (κ3) is 9.20. The summed E-state index contributed by atoms with van der Waals surface area (Å²) in [6.07, 6.45) is 0.557. The summed E-state index contributed by atoms with van der Waals surface area (Å²) in [5.74, 6) is 0.0795. The second kappa shape index (κ2) is 8.11. The Labute approximate surface area is 136 Å². The number of ketones is 1. The molecule has 0 aromatic rings. The summed E-state index contributed by atoms with van der Waals surface area (Å²) in [7, 11) is -1.87. The van der Waals surface area contributed by atoms with E-state index in [9.17, 15) is 9.59 Å². The molecule has 5 nitrogen and oxygen atoms in total. The van der Waals surface area contributed by atoms with Crippen molar-refractivity contribution >= 4 is 20.2 Å². The summed E-state index contributed by atoms with van der Waals surface area (Å²) in [6.45, 7) is 16.7. The van der Waals surface area contributed by atoms with Crippen molar-refractivity contribution in [3.05, 3.63) is 0 Å². The smallest absolute Gasteiger partial charge is 0.407 e. The van der Waals surface area contributed by atoms with Gasteiger partial charge >= 0.3 is 6.09 Å². The van der Waals surface area contributed by atoms with Crippen LogP contribution in [0.2, 0.25) is 18.1 Å². The molecule has 0 radical (unpaired) electrons. The Morgan fingerprint density at radius 3 is 2.05 bits per heavy atom. The number of carbonyl (C=O) groups excluding carboxylic acids is 2. The van der Waals surface area contributed by atoms with Crippen LogP contribution < -0.4 is 5.32 Å². The lowest BCUT2D eigenvalue weighted by Crippen LogP contribution is -2.42. The molecule has 0 fully saturated rings. The fourth-order valence-electron chi connectivity index (χ4n) is 1.34. The molecular formula is C16H33NO4Si. The SMILES string of the molecule is CC(C)(C)OC(=O)NCCCC(=O)CO[Si](C)(C)C(C)(C)C. The number of Topliss-reactive ketones (excluding diaryl/α,β-unsaturated/α-hetero) is 1. The summed E-state index contributed by atoms with van der Waals surface area (Å²) in [6, 6.07) is 0. The molecule has 0 saturated heterocycles. The molecular weight excluding hydrogens is 298 g/mol. The molecule has 0 aliphatic rings. The van der Waals surface area contributed by atoms with Gasteiger partial charge in [0.1, 0.15) is 5.60 Å². The molecule has 0 rings (SSSR count). The Bertz CT molecular complexity index is 381. The molecule has 0 bridgehead atoms. The molecule has 0 saturated carbocycles. The van der Waals surface area contributed by atoms with Crippen LogP contribution in [-0.2, 0) is 14.0 Å². The molecule has 0 aromatic heterocycles. The van der Waals surface area contributed by atoms with Gasteiger partial charge in [0, 0.05) is 13.0 Å². The molecule has 1 amide bonds. The highest BCUT2D eigenvalue weighted by Gasteiger charge is 2.37. The van der Waals surface area contributed by atoms with Crippen molar-refractivity contribution in [2.45, 2.75) is 78.1 Å². The summed E-state index contributed by atoms with van der Waals surface area (Å²) in [4.78, 5) is 23.3. The molecule has 0 unspecified atom stereocenters. The van der Waals surface area contributed by atoms with Gasteiger partial charge in [0.2, 0.25) is 0 Å². The van der Waals surface area contributed by atoms with E-state index in [0.717, 1.165) is 0 Å². The van der Waals surface area contributed by atoms with Crippen LogP contribution in [-0.4, -0.2) is 38.9 Å². The topological polar surface area (TPSA) is 64.6 Å². The molecule has 0 spiro atoms. The number of carbonyl (C=O) groups is 2. The number of amides is 1. The number of alkyl carbamates (subject to hydrolysis) is 1. The van der Waals surface area contributed by atoms with Crippen LogP contribution in [0, 0.1) is 0 Å². The van der Waals surface area contributed by atoms with Crippen LogP contribution in [0.3, 0.4) is 0 Å². The first kappa shape index (κ1) is 21.1. The zero-order valence-corrected chi connectivity index (χ0v) is 16.5. The van der Waals surface area contributed by atoms with Crippen molar-refractivity contribution < 1.29 is 18.8 Å². The van der Waals surface area contributed by atoms with Crippen LogP contribution in [0.15, 0.2) is 0 Å². The molecule has 22 heavy (non-hydrogen) atoms. The molecule has 0 heterocycles. The first-order chi connectivity index (χ1) is 9.74. The fourth-order valence-corrected chi connectivity index (χ4v) is 2.29. The van der Waals surface area contributed by atoms with Gasteiger partial charge in [0.15, 0.2) is 14.1 Å². The summed E-state index contributed by atoms with van der Waals surface area (Å²) < 4.78 is 11.0. The maximum atomic E-state index is 11.8. The highest BCUT2D eigenvalue weighted by atomic mass is 28.4. The Hall–Kier alpha value is -0.883. The number of hydrogen-bond donors (Lipinski definition) is 1. The van der Waals surface area contributed by atoms with Crippen LogP contribution in [0.25, 0.3) is 0 Å². The lowest BCUT2D eigenvalue weighted by Gasteiger charge is -2.35. The van der Waals surface area contributed by atoms with Crippen molar-refractivity contribution in [2.75, 3.05) is 13.2 Å². The first-order valence-corrected chi connectivity index (χ1v) is 10.8. The maximum absolute atomic E-state index is 11.8. The minimum atomic E-state index is -1.87. The fraction of sp³-hybridized carbons (Fsp3) is 0.875. The van der Waals surface area contributed by atoms with E-state index in [0.29, 0.717) is 19.4 Å². The average Bonchev–Trinajstić information content (AvgIpc) is 2.28. The van der Waals surface area contributed by atoms with Gasteiger partial charge < -0.3 is 14.5 Å². The third-order valence-corrected chi connectivity index (χ3v) is 8.18. The van der Waals surface area contributed by atoms with E-state index >= 15 is 0 Å². The van der Waals surface area contributed by atoms with Gasteiger partial charge in [-0.05, 0) is 45.3 Å². The van der Waals surface area contributed by atoms with Crippen molar-refractivity contribution in [3.8, 4) is 0 Å². The van der Waals surface area contributed by atoms with Crippen LogP contribution >= 0.6 is 0 Å². The molecule has 130 valence electrons. The van der Waals surface area contributed by atoms with Crippen molar-refractivity contribution in [1.82, 2.24) is 5.32 Å². The predicted octanol–water partition coefficient (Wildman–Crippen LogP) is 3.88. The van der Waals surface area contributed by atoms with Crippen LogP contribution in [0.5, 0.6) is 0 Å². The van der Waals surface area contributed by atoms with Crippen molar-refractivity contribution in [2.24, 2.45) is 0 Å². The second-order valence-corrected chi connectivity index (χ2v) is 12.9. The van der Waals surface area contributed by atoms with E-state index in [1.807, 2.05) is 20.8 Å². The molecule has 0 aromatic carbocycles. The van der Waals surface area contributed by atoms with Crippen LogP contribution in [0.1, 0.15) is 54.4 Å². The Kier molecular flexibility index (Phi) is 7.78. The Balaban J connectivity index is 3.91. The van der Waals surface area contributed by atoms with Gasteiger partial charge in [0.05, 0.1) is 6.61 Å². The summed E-state index contributed by atoms with van der Waals surface area (Å²) >= 11 is 0. The second-order valence-electron chi connectivity index (χ2n) is 8.12. The van der Waals surface area contributed by atoms with Gasteiger partial charge in [0.25, 0.3) is 0 Å². The third-order valence-electron chi connectivity index (χ3n) is 3.70. The molecule has 0 aliphatic heterocycles. The monoisotopic (exact) mass is 331 g/mol. The van der Waals surface area contributed by atoms with E-state index in [2.05, 4.69) is 39.2 Å². The van der Waals surface area contributed by atoms with E-state index < -0.39 is 20.0 Å². The highest BCUT2D eigenvalue weighted by Crippen LogP contribution is 2.36. The maximum Gasteiger partial charge on any atom is 0.407 e. The predicted molar refractivity (Wildman–Crippen MR) is 91.6 cm³/mol. The number of rotatable bonds is 7. The van der Waals surface area contributed by atoms with Gasteiger partial charge in [-0.15, -0.1) is 0 Å². The summed E-state index contributed by atoms with van der Waals surface area (Å²) in [5, 5.41) is 2.75. The Morgan fingerprint density at radius 2 is 1.59 bits per heavy atom. The largest absolute Gasteiger partial charge is 0.444 e. The van der Waals surface area contributed by atoms with E-state index in [4.69, 9.17) is 9.16 Å². The molecule has 6 heteroatoms. The minimum Gasteiger partial charge on any atom is -0.444 e. The zero-order valence-electron chi connectivity index (χ0n) is 15.5. The zero-order chi connectivity index (χ0) is 17.6. The van der Waals surface area contributed by atoms with Gasteiger partial charge in [-0.25, -0.2) is 4.79 Å². The van der Waals surface area contributed by atoms with Gasteiger partial charge in [-0.3, -0.25) is 4.79 Å². The molecule has 0 atom stereocenters. The van der Waals surface area contributed by atoms with E-state index in [1.54, 1.807) is 0 Å². The van der Waals surface area contributed by atoms with Crippen molar-refractivity contribution in [1.29, 1.82) is 0 Å². The normalized spacial score (nSPS) is 12.9. The average molecular weight is 332 g/mol. The van der Waals surface area contributed by atoms with Gasteiger partial charge in [-0.2, -0.15) is 0 Å². The number of ether oxygens (including phenoxy) is 1. The standard InChI is InChI=1S/C16H33NO4Si/c1-15(2,3)21-14(19)17-11-9-10-13(18)12-20-22(7,8)16(4,5)6/h9-12H2,1-8H3,(H,17,19). The lowest BCUT2D eigenvalue weighted by atomic mass is 10.2. The number of hydrogen-bond acceptors (Lipinski definition) is 4. The number of nitrogens with one attached hydrogen (secondary N) is 1. The Morgan fingerprint density at radius 1 is 1.05 bits per heavy atom. The molecule has 0 aliphatic carbocycles. The highest BCUT2D eigenvalue weighted by molar-refractivity contribution is 6.74. The lowest BCUT2D eigenvalue weighted by molar-refractivity contribution is -0.121. The van der Waals surface area contributed by atoms with Crippen LogP contribution in [0.4, 0.5) is 4.79 Å². The van der Waals surface area contributed by atoms with E-state index in [-0.39, 0.29) is 17.4 Å². The van der Waals surface area contributed by atoms with Gasteiger partial charge in [-0.1, -0.05) is 20.8 Å².